The number of aromatic nitrogens is 2. The molecule has 1 amide bonds. The predicted octanol–water partition coefficient (Wildman–Crippen LogP) is 6.99. The summed E-state index contributed by atoms with van der Waals surface area (Å²) >= 11 is 13.2. The third-order valence-electron chi connectivity index (χ3n) is 4.80. The highest BCUT2D eigenvalue weighted by Gasteiger charge is 2.17. The van der Waals surface area contributed by atoms with E-state index in [-0.39, 0.29) is 5.91 Å². The second-order valence-corrected chi connectivity index (χ2v) is 9.14. The van der Waals surface area contributed by atoms with Crippen molar-refractivity contribution in [3.63, 3.8) is 0 Å². The molecular weight excluding hydrogens is 463 g/mol. The minimum atomic E-state index is -0.205. The lowest BCUT2D eigenvalue weighted by atomic mass is 10.2. The molecule has 0 aliphatic heterocycles. The molecule has 0 fully saturated rings. The van der Waals surface area contributed by atoms with E-state index < -0.39 is 0 Å². The van der Waals surface area contributed by atoms with E-state index in [9.17, 15) is 4.79 Å². The van der Waals surface area contributed by atoms with Gasteiger partial charge in [-0.05, 0) is 55.3 Å². The number of aryl methyl sites for hydroxylation is 2. The van der Waals surface area contributed by atoms with Crippen LogP contribution in [0.1, 0.15) is 26.5 Å². The number of pyridine rings is 1. The molecule has 2 aromatic heterocycles. The van der Waals surface area contributed by atoms with Gasteiger partial charge in [-0.2, -0.15) is 0 Å². The molecule has 0 bridgehead atoms. The molecule has 2 N–H and O–H groups in total. The summed E-state index contributed by atoms with van der Waals surface area (Å²) in [4.78, 5) is 22.4. The Kier molecular flexibility index (Phi) is 6.74. The fraction of sp³-hybridized carbons (Fsp3) is 0.125. The second kappa shape index (κ2) is 9.69. The van der Waals surface area contributed by atoms with Crippen LogP contribution in [0.4, 0.5) is 11.5 Å². The standard InChI is InChI=1S/C24H20Cl2N4OS/c1-14-11-20(13-28-22(14)27-12-16-3-7-18(25)8-4-16)30-23(31)21-15(2)29-24(32-21)17-5-9-19(26)10-6-17/h3-11,13H,12H2,1-2H3,(H,27,28)(H,30,31). The van der Waals surface area contributed by atoms with Crippen molar-refractivity contribution >= 4 is 52.0 Å². The Morgan fingerprint density at radius 1 is 1.00 bits per heavy atom. The van der Waals surface area contributed by atoms with Crippen molar-refractivity contribution < 1.29 is 4.79 Å². The van der Waals surface area contributed by atoms with Gasteiger partial charge in [-0.3, -0.25) is 4.79 Å². The molecule has 0 aliphatic carbocycles. The van der Waals surface area contributed by atoms with Gasteiger partial charge in [0, 0.05) is 22.2 Å². The Morgan fingerprint density at radius 2 is 1.66 bits per heavy atom. The molecule has 2 aromatic carbocycles. The Labute approximate surface area is 200 Å². The van der Waals surface area contributed by atoms with Gasteiger partial charge in [0.1, 0.15) is 15.7 Å². The van der Waals surface area contributed by atoms with Gasteiger partial charge in [-0.15, -0.1) is 11.3 Å². The van der Waals surface area contributed by atoms with E-state index in [1.165, 1.54) is 11.3 Å². The molecule has 0 radical (unpaired) electrons. The number of amides is 1. The van der Waals surface area contributed by atoms with Crippen LogP contribution in [0.25, 0.3) is 10.6 Å². The maximum absolute atomic E-state index is 12.9. The third kappa shape index (κ3) is 5.27. The first-order valence-electron chi connectivity index (χ1n) is 9.89. The van der Waals surface area contributed by atoms with E-state index >= 15 is 0 Å². The van der Waals surface area contributed by atoms with Crippen LogP contribution in [-0.2, 0) is 6.54 Å². The van der Waals surface area contributed by atoms with E-state index in [2.05, 4.69) is 20.6 Å². The monoisotopic (exact) mass is 482 g/mol. The second-order valence-electron chi connectivity index (χ2n) is 7.26. The summed E-state index contributed by atoms with van der Waals surface area (Å²) in [6.45, 7) is 4.41. The Morgan fingerprint density at radius 3 is 2.31 bits per heavy atom. The van der Waals surface area contributed by atoms with Gasteiger partial charge in [-0.25, -0.2) is 9.97 Å². The molecule has 0 unspecified atom stereocenters. The summed E-state index contributed by atoms with van der Waals surface area (Å²) in [5.41, 5.74) is 4.27. The molecule has 8 heteroatoms. The number of nitrogens with one attached hydrogen (secondary N) is 2. The Balaban J connectivity index is 1.43. The van der Waals surface area contributed by atoms with E-state index in [1.807, 2.05) is 68.4 Å². The summed E-state index contributed by atoms with van der Waals surface area (Å²) in [5.74, 6) is 0.556. The number of thiazole rings is 1. The van der Waals surface area contributed by atoms with Gasteiger partial charge in [0.2, 0.25) is 0 Å². The lowest BCUT2D eigenvalue weighted by molar-refractivity contribution is 0.103. The summed E-state index contributed by atoms with van der Waals surface area (Å²) < 4.78 is 0. The summed E-state index contributed by atoms with van der Waals surface area (Å²) in [5, 5.41) is 8.38. The average Bonchev–Trinajstić information content (AvgIpc) is 3.16. The van der Waals surface area contributed by atoms with Crippen LogP contribution in [0.5, 0.6) is 0 Å². The van der Waals surface area contributed by atoms with Gasteiger partial charge in [0.15, 0.2) is 0 Å². The first kappa shape index (κ1) is 22.3. The molecule has 0 spiro atoms. The molecule has 2 heterocycles. The van der Waals surface area contributed by atoms with E-state index in [1.54, 1.807) is 6.20 Å². The number of hydrogen-bond acceptors (Lipinski definition) is 5. The maximum atomic E-state index is 12.9. The zero-order valence-corrected chi connectivity index (χ0v) is 19.8. The number of anilines is 2. The molecule has 0 aliphatic rings. The number of nitrogens with zero attached hydrogens (tertiary/aromatic N) is 2. The molecular formula is C24H20Cl2N4OS. The Bertz CT molecular complexity index is 1250. The van der Waals surface area contributed by atoms with Crippen molar-refractivity contribution in [2.24, 2.45) is 0 Å². The van der Waals surface area contributed by atoms with Crippen LogP contribution in [0.2, 0.25) is 10.0 Å². The normalized spacial score (nSPS) is 10.8. The summed E-state index contributed by atoms with van der Waals surface area (Å²) in [6.07, 6.45) is 1.64. The molecule has 162 valence electrons. The van der Waals surface area contributed by atoms with Crippen LogP contribution in [-0.4, -0.2) is 15.9 Å². The van der Waals surface area contributed by atoms with Gasteiger partial charge in [0.25, 0.3) is 5.91 Å². The van der Waals surface area contributed by atoms with Gasteiger partial charge in [-0.1, -0.05) is 47.5 Å². The molecule has 4 aromatic rings. The zero-order valence-electron chi connectivity index (χ0n) is 17.4. The number of carbonyl (C=O) groups excluding carboxylic acids is 1. The van der Waals surface area contributed by atoms with Crippen molar-refractivity contribution in [3.05, 3.63) is 92.5 Å². The minimum Gasteiger partial charge on any atom is -0.366 e. The minimum absolute atomic E-state index is 0.205. The maximum Gasteiger partial charge on any atom is 0.267 e. The zero-order chi connectivity index (χ0) is 22.7. The number of rotatable bonds is 6. The molecule has 0 saturated heterocycles. The quantitative estimate of drug-likeness (QED) is 0.310. The van der Waals surface area contributed by atoms with Gasteiger partial charge >= 0.3 is 0 Å². The molecule has 5 nitrogen and oxygen atoms in total. The van der Waals surface area contributed by atoms with Crippen LogP contribution >= 0.6 is 34.5 Å². The van der Waals surface area contributed by atoms with Crippen LogP contribution < -0.4 is 10.6 Å². The van der Waals surface area contributed by atoms with Crippen molar-refractivity contribution in [1.29, 1.82) is 0 Å². The number of hydrogen-bond donors (Lipinski definition) is 2. The van der Waals surface area contributed by atoms with Crippen LogP contribution in [0.3, 0.4) is 0 Å². The SMILES string of the molecule is Cc1cc(NC(=O)c2sc(-c3ccc(Cl)cc3)nc2C)cnc1NCc1ccc(Cl)cc1. The fourth-order valence-corrected chi connectivity index (χ4v) is 4.35. The van der Waals surface area contributed by atoms with Crippen LogP contribution in [0.15, 0.2) is 60.8 Å². The van der Waals surface area contributed by atoms with Gasteiger partial charge in [0.05, 0.1) is 17.6 Å². The van der Waals surface area contributed by atoms with Crippen molar-refractivity contribution in [2.75, 3.05) is 10.6 Å². The first-order valence-corrected chi connectivity index (χ1v) is 11.5. The molecule has 0 atom stereocenters. The molecule has 4 rings (SSSR count). The van der Waals surface area contributed by atoms with Crippen LogP contribution in [0, 0.1) is 13.8 Å². The lowest BCUT2D eigenvalue weighted by Crippen LogP contribution is -2.12. The van der Waals surface area contributed by atoms with E-state index in [0.29, 0.717) is 32.8 Å². The molecule has 32 heavy (non-hydrogen) atoms. The summed E-state index contributed by atoms with van der Waals surface area (Å²) in [6, 6.07) is 17.0. The third-order valence-corrected chi connectivity index (χ3v) is 6.51. The molecule has 0 saturated carbocycles. The van der Waals surface area contributed by atoms with Crippen molar-refractivity contribution in [1.82, 2.24) is 9.97 Å². The first-order chi connectivity index (χ1) is 15.4. The lowest BCUT2D eigenvalue weighted by Gasteiger charge is -2.11. The number of halogens is 2. The van der Waals surface area contributed by atoms with Gasteiger partial charge < -0.3 is 10.6 Å². The largest absolute Gasteiger partial charge is 0.366 e. The van der Waals surface area contributed by atoms with E-state index in [4.69, 9.17) is 23.2 Å². The highest BCUT2D eigenvalue weighted by molar-refractivity contribution is 7.17. The average molecular weight is 483 g/mol. The topological polar surface area (TPSA) is 66.9 Å². The number of benzene rings is 2. The van der Waals surface area contributed by atoms with Crippen molar-refractivity contribution in [3.8, 4) is 10.6 Å². The smallest absolute Gasteiger partial charge is 0.267 e. The highest BCUT2D eigenvalue weighted by atomic mass is 35.5. The summed E-state index contributed by atoms with van der Waals surface area (Å²) in [7, 11) is 0. The fourth-order valence-electron chi connectivity index (χ4n) is 3.13. The highest BCUT2D eigenvalue weighted by Crippen LogP contribution is 2.29. The Hall–Kier alpha value is -2.93. The predicted molar refractivity (Wildman–Crippen MR) is 133 cm³/mol. The van der Waals surface area contributed by atoms with Crippen molar-refractivity contribution in [2.45, 2.75) is 20.4 Å². The van der Waals surface area contributed by atoms with E-state index in [0.717, 1.165) is 27.5 Å². The number of carbonyl (C=O) groups is 1.